The molecule has 0 saturated carbocycles. The van der Waals surface area contributed by atoms with E-state index in [2.05, 4.69) is 5.28 Å². The second kappa shape index (κ2) is 5.14. The molecule has 6 heteroatoms. The van der Waals surface area contributed by atoms with Crippen LogP contribution in [0.1, 0.15) is 0 Å². The van der Waals surface area contributed by atoms with Crippen molar-refractivity contribution in [2.75, 3.05) is 14.1 Å². The van der Waals surface area contributed by atoms with E-state index >= 15 is 0 Å². The van der Waals surface area contributed by atoms with Gasteiger partial charge < -0.3 is 10.4 Å². The smallest absolute Gasteiger partial charge is 0.569 e. The van der Waals surface area contributed by atoms with E-state index in [9.17, 15) is 5.21 Å². The van der Waals surface area contributed by atoms with Crippen LogP contribution in [-0.4, -0.2) is 29.3 Å². The van der Waals surface area contributed by atoms with Gasteiger partial charge in [0.1, 0.15) is 0 Å². The first-order valence-electron chi connectivity index (χ1n) is 1.68. The van der Waals surface area contributed by atoms with Gasteiger partial charge in [-0.2, -0.15) is 5.01 Å². The van der Waals surface area contributed by atoms with Gasteiger partial charge in [-0.3, -0.25) is 0 Å². The van der Waals surface area contributed by atoms with E-state index in [-0.39, 0.29) is 34.5 Å². The Labute approximate surface area is 69.4 Å². The molecule has 0 amide bonds. The molecule has 8 heavy (non-hydrogen) atoms. The molecule has 0 rings (SSSR count). The van der Waals surface area contributed by atoms with Crippen LogP contribution in [0.2, 0.25) is 0 Å². The zero-order valence-corrected chi connectivity index (χ0v) is 7.20. The third-order valence-corrected chi connectivity index (χ3v) is 0.419. The molecule has 0 bridgehead atoms. The van der Waals surface area contributed by atoms with Crippen LogP contribution in [0.25, 0.3) is 0 Å². The monoisotopic (exact) mass is 128 g/mol. The average molecular weight is 128 g/mol. The second-order valence-corrected chi connectivity index (χ2v) is 1.19. The van der Waals surface area contributed by atoms with Gasteiger partial charge in [0, 0.05) is 0 Å². The summed E-state index contributed by atoms with van der Waals surface area (Å²) in [6.07, 6.45) is 0. The van der Waals surface area contributed by atoms with Gasteiger partial charge in [0.2, 0.25) is 5.28 Å². The maximum absolute atomic E-state index is 9.94. The molecule has 1 N–H and O–H groups in total. The number of nitrogens with zero attached hydrogens (tertiary/aromatic N) is 3. The van der Waals surface area contributed by atoms with Gasteiger partial charge in [0.15, 0.2) is 0 Å². The molecule has 0 heterocycles. The van der Waals surface area contributed by atoms with Gasteiger partial charge in [-0.1, -0.05) is 0 Å². The van der Waals surface area contributed by atoms with Crippen molar-refractivity contribution in [3.05, 3.63) is 5.21 Å². The van der Waals surface area contributed by atoms with Gasteiger partial charge in [-0.15, -0.1) is 0 Å². The Hall–Kier alpha value is 0. The van der Waals surface area contributed by atoms with Crippen molar-refractivity contribution < 1.29 is 39.7 Å². The SMILES string of the molecule is CN(C)[N+]([O-])=NO.[Na+]. The summed E-state index contributed by atoms with van der Waals surface area (Å²) in [5, 5.41) is 21.0. The standard InChI is InChI=1S/C2H7N3O2.Na/c1-4(2)5(7)3-6;/h6H,1-2H3;/q;+1. The first-order chi connectivity index (χ1) is 3.18. The Morgan fingerprint density at radius 3 is 2.00 bits per heavy atom. The maximum atomic E-state index is 9.94. The van der Waals surface area contributed by atoms with Crippen molar-refractivity contribution in [1.82, 2.24) is 5.01 Å². The second-order valence-electron chi connectivity index (χ2n) is 1.19. The zero-order valence-electron chi connectivity index (χ0n) is 5.20. The summed E-state index contributed by atoms with van der Waals surface area (Å²) in [5.74, 6) is 0. The van der Waals surface area contributed by atoms with Crippen LogP contribution in [-0.2, 0) is 0 Å². The van der Waals surface area contributed by atoms with Crippen molar-refractivity contribution in [2.45, 2.75) is 0 Å². The summed E-state index contributed by atoms with van der Waals surface area (Å²) in [6.45, 7) is 0. The molecular weight excluding hydrogens is 121 g/mol. The topological polar surface area (TPSA) is 61.9 Å². The molecule has 0 aliphatic carbocycles. The van der Waals surface area contributed by atoms with E-state index in [1.165, 1.54) is 14.1 Å². The largest absolute Gasteiger partial charge is 1.00 e. The maximum Gasteiger partial charge on any atom is 1.00 e. The quantitative estimate of drug-likeness (QED) is 0.175. The molecule has 0 atom stereocenters. The minimum Gasteiger partial charge on any atom is -0.569 e. The van der Waals surface area contributed by atoms with Crippen LogP contribution >= 0.6 is 0 Å². The van der Waals surface area contributed by atoms with E-state index in [0.717, 1.165) is 5.01 Å². The molecule has 0 spiro atoms. The number of hydrazine groups is 1. The minimum atomic E-state index is 0. The third-order valence-electron chi connectivity index (χ3n) is 0.419. The molecule has 42 valence electrons. The zero-order chi connectivity index (χ0) is 5.86. The number of rotatable bonds is 1. The first kappa shape index (κ1) is 10.9. The third kappa shape index (κ3) is 4.17. The Bertz CT molecular complexity index is 83.4. The summed E-state index contributed by atoms with van der Waals surface area (Å²) in [4.78, 5) is 0.0556. The van der Waals surface area contributed by atoms with E-state index in [4.69, 9.17) is 5.21 Å². The molecule has 0 aromatic heterocycles. The molecule has 0 aromatic rings. The number of hydrogen-bond acceptors (Lipinski definition) is 2. The van der Waals surface area contributed by atoms with Crippen molar-refractivity contribution in [3.8, 4) is 0 Å². The fourth-order valence-corrected chi connectivity index (χ4v) is 0.0800. The first-order valence-corrected chi connectivity index (χ1v) is 1.68. The molecule has 5 nitrogen and oxygen atoms in total. The molecule has 0 unspecified atom stereocenters. The average Bonchev–Trinajstić information content (AvgIpc) is 1.65. The molecule has 0 saturated heterocycles. The van der Waals surface area contributed by atoms with E-state index in [1.54, 1.807) is 0 Å². The van der Waals surface area contributed by atoms with Crippen molar-refractivity contribution in [3.63, 3.8) is 0 Å². The predicted molar refractivity (Wildman–Crippen MR) is 21.5 cm³/mol. The van der Waals surface area contributed by atoms with Crippen molar-refractivity contribution in [1.29, 1.82) is 0 Å². The van der Waals surface area contributed by atoms with Crippen LogP contribution in [0.3, 0.4) is 0 Å². The normalized spacial score (nSPS) is 10.0. The van der Waals surface area contributed by atoms with Crippen LogP contribution in [0.15, 0.2) is 5.28 Å². The van der Waals surface area contributed by atoms with Gasteiger partial charge in [-0.25, -0.2) is 0 Å². The summed E-state index contributed by atoms with van der Waals surface area (Å²) in [6, 6.07) is 0. The van der Waals surface area contributed by atoms with E-state index in [1.807, 2.05) is 0 Å². The molecule has 0 aliphatic rings. The molecule has 0 aliphatic heterocycles. The summed E-state index contributed by atoms with van der Waals surface area (Å²) in [5.41, 5.74) is 0. The summed E-state index contributed by atoms with van der Waals surface area (Å²) >= 11 is 0. The minimum absolute atomic E-state index is 0. The van der Waals surface area contributed by atoms with Crippen molar-refractivity contribution in [2.24, 2.45) is 5.28 Å². The van der Waals surface area contributed by atoms with Crippen LogP contribution in [0.4, 0.5) is 0 Å². The van der Waals surface area contributed by atoms with Gasteiger partial charge in [0.25, 0.3) is 0 Å². The molecule has 0 fully saturated rings. The Kier molecular flexibility index (Phi) is 7.00. The van der Waals surface area contributed by atoms with Gasteiger partial charge in [0.05, 0.1) is 19.1 Å². The molecule has 0 radical (unpaired) electrons. The van der Waals surface area contributed by atoms with Gasteiger partial charge >= 0.3 is 29.6 Å². The van der Waals surface area contributed by atoms with Gasteiger partial charge in [-0.05, 0) is 0 Å². The fourth-order valence-electron chi connectivity index (χ4n) is 0.0800. The Morgan fingerprint density at radius 1 is 1.62 bits per heavy atom. The molecule has 0 aromatic carbocycles. The van der Waals surface area contributed by atoms with E-state index in [0.29, 0.717) is 0 Å². The summed E-state index contributed by atoms with van der Waals surface area (Å²) in [7, 11) is 2.93. The van der Waals surface area contributed by atoms with E-state index < -0.39 is 0 Å². The summed E-state index contributed by atoms with van der Waals surface area (Å²) < 4.78 is 0. The Morgan fingerprint density at radius 2 is 2.00 bits per heavy atom. The van der Waals surface area contributed by atoms with Crippen LogP contribution < -0.4 is 29.6 Å². The predicted octanol–water partition coefficient (Wildman–Crippen LogP) is -3.18. The van der Waals surface area contributed by atoms with Crippen LogP contribution in [0, 0.1) is 5.21 Å². The fraction of sp³-hybridized carbons (Fsp3) is 1.00. The van der Waals surface area contributed by atoms with Crippen LogP contribution in [0.5, 0.6) is 0 Å². The Balaban J connectivity index is 0. The van der Waals surface area contributed by atoms with Crippen molar-refractivity contribution >= 4 is 0 Å². The molecular formula is C2H7N3NaO2+. The number of hydrogen-bond donors (Lipinski definition) is 1.